The standard InChI is InChI=1S/C18H28N4O4/c1-13-11-22(12-14(2)26-13)16-8-7-15(10-20-16)21-18(24)19-9-5-4-6-17(23)25-3/h7-8,10,13-14H,4-6,9,11-12H2,1-3H3,(H2,19,21,24). The van der Waals surface area contributed by atoms with E-state index in [1.165, 1.54) is 7.11 Å². The first-order chi connectivity index (χ1) is 12.5. The monoisotopic (exact) mass is 364 g/mol. The van der Waals surface area contributed by atoms with Crippen molar-refractivity contribution in [3.63, 3.8) is 0 Å². The number of anilines is 2. The molecule has 2 rings (SSSR count). The first-order valence-corrected chi connectivity index (χ1v) is 8.96. The maximum Gasteiger partial charge on any atom is 0.319 e. The molecular formula is C18H28N4O4. The Morgan fingerprint density at radius 3 is 2.62 bits per heavy atom. The van der Waals surface area contributed by atoms with E-state index in [0.29, 0.717) is 31.5 Å². The number of pyridine rings is 1. The molecule has 0 saturated carbocycles. The lowest BCUT2D eigenvalue weighted by Gasteiger charge is -2.36. The van der Waals surface area contributed by atoms with Crippen LogP contribution in [-0.2, 0) is 14.3 Å². The van der Waals surface area contributed by atoms with Crippen LogP contribution in [0.1, 0.15) is 33.1 Å². The van der Waals surface area contributed by atoms with Gasteiger partial charge in [0.25, 0.3) is 0 Å². The Balaban J connectivity index is 1.72. The zero-order valence-corrected chi connectivity index (χ0v) is 15.7. The van der Waals surface area contributed by atoms with Crippen LogP contribution in [-0.4, -0.2) is 55.9 Å². The first kappa shape index (κ1) is 20.0. The predicted molar refractivity (Wildman–Crippen MR) is 99.3 cm³/mol. The fourth-order valence-electron chi connectivity index (χ4n) is 2.89. The maximum atomic E-state index is 11.9. The van der Waals surface area contributed by atoms with Gasteiger partial charge in [0.2, 0.25) is 0 Å². The second kappa shape index (κ2) is 9.96. The Kier molecular flexibility index (Phi) is 7.65. The zero-order chi connectivity index (χ0) is 18.9. The van der Waals surface area contributed by atoms with Crippen LogP contribution in [0.2, 0.25) is 0 Å². The summed E-state index contributed by atoms with van der Waals surface area (Å²) in [6.45, 7) is 6.20. The quantitative estimate of drug-likeness (QED) is 0.569. The van der Waals surface area contributed by atoms with E-state index < -0.39 is 0 Å². The van der Waals surface area contributed by atoms with Gasteiger partial charge in [-0.15, -0.1) is 0 Å². The average molecular weight is 364 g/mol. The largest absolute Gasteiger partial charge is 0.469 e. The molecule has 8 nitrogen and oxygen atoms in total. The third kappa shape index (κ3) is 6.51. The van der Waals surface area contributed by atoms with Gasteiger partial charge in [0.05, 0.1) is 31.2 Å². The van der Waals surface area contributed by atoms with Gasteiger partial charge in [-0.2, -0.15) is 0 Å². The van der Waals surface area contributed by atoms with Gasteiger partial charge in [-0.25, -0.2) is 9.78 Å². The second-order valence-corrected chi connectivity index (χ2v) is 6.48. The Bertz CT molecular complexity index is 583. The number of ether oxygens (including phenoxy) is 2. The molecule has 0 aliphatic carbocycles. The fourth-order valence-corrected chi connectivity index (χ4v) is 2.89. The molecule has 2 N–H and O–H groups in total. The van der Waals surface area contributed by atoms with Crippen LogP contribution < -0.4 is 15.5 Å². The summed E-state index contributed by atoms with van der Waals surface area (Å²) in [7, 11) is 1.37. The highest BCUT2D eigenvalue weighted by Crippen LogP contribution is 2.19. The minimum absolute atomic E-state index is 0.170. The van der Waals surface area contributed by atoms with E-state index in [-0.39, 0.29) is 24.2 Å². The van der Waals surface area contributed by atoms with Crippen LogP contribution in [0, 0.1) is 0 Å². The Labute approximate surface area is 154 Å². The molecule has 0 bridgehead atoms. The summed E-state index contributed by atoms with van der Waals surface area (Å²) < 4.78 is 10.3. The van der Waals surface area contributed by atoms with Crippen molar-refractivity contribution in [1.29, 1.82) is 0 Å². The number of rotatable bonds is 7. The van der Waals surface area contributed by atoms with Crippen LogP contribution in [0.3, 0.4) is 0 Å². The van der Waals surface area contributed by atoms with Crippen LogP contribution in [0.15, 0.2) is 18.3 Å². The van der Waals surface area contributed by atoms with Crippen LogP contribution in [0.25, 0.3) is 0 Å². The molecule has 1 aromatic rings. The summed E-state index contributed by atoms with van der Waals surface area (Å²) in [6.07, 6.45) is 3.75. The predicted octanol–water partition coefficient (Wildman–Crippen LogP) is 2.16. The summed E-state index contributed by atoms with van der Waals surface area (Å²) in [5.74, 6) is 0.644. The molecule has 2 amide bonds. The molecule has 0 radical (unpaired) electrons. The number of carbonyl (C=O) groups is 2. The number of amides is 2. The van der Waals surface area contributed by atoms with E-state index >= 15 is 0 Å². The maximum absolute atomic E-state index is 11.9. The lowest BCUT2D eigenvalue weighted by Crippen LogP contribution is -2.45. The van der Waals surface area contributed by atoms with Crippen LogP contribution in [0.5, 0.6) is 0 Å². The van der Waals surface area contributed by atoms with Crippen molar-refractivity contribution in [3.8, 4) is 0 Å². The molecule has 0 aromatic carbocycles. The number of nitrogens with zero attached hydrogens (tertiary/aromatic N) is 2. The molecule has 8 heteroatoms. The highest BCUT2D eigenvalue weighted by atomic mass is 16.5. The molecule has 2 heterocycles. The molecule has 2 atom stereocenters. The van der Waals surface area contributed by atoms with Crippen molar-refractivity contribution in [2.24, 2.45) is 0 Å². The highest BCUT2D eigenvalue weighted by Gasteiger charge is 2.23. The van der Waals surface area contributed by atoms with Gasteiger partial charge in [0.15, 0.2) is 0 Å². The average Bonchev–Trinajstić information content (AvgIpc) is 2.61. The van der Waals surface area contributed by atoms with Crippen molar-refractivity contribution in [2.75, 3.05) is 37.0 Å². The Morgan fingerprint density at radius 2 is 2.00 bits per heavy atom. The van der Waals surface area contributed by atoms with Gasteiger partial charge < -0.3 is 25.0 Å². The number of urea groups is 1. The number of morpholine rings is 1. The second-order valence-electron chi connectivity index (χ2n) is 6.48. The van der Waals surface area contributed by atoms with Crippen molar-refractivity contribution < 1.29 is 19.1 Å². The lowest BCUT2D eigenvalue weighted by molar-refractivity contribution is -0.140. The van der Waals surface area contributed by atoms with Crippen LogP contribution in [0.4, 0.5) is 16.3 Å². The molecule has 1 fully saturated rings. The number of hydrogen-bond donors (Lipinski definition) is 2. The third-order valence-electron chi connectivity index (χ3n) is 4.07. The van der Waals surface area contributed by atoms with E-state index in [9.17, 15) is 9.59 Å². The molecule has 1 aliphatic heterocycles. The van der Waals surface area contributed by atoms with Crippen molar-refractivity contribution in [3.05, 3.63) is 18.3 Å². The zero-order valence-electron chi connectivity index (χ0n) is 15.7. The molecule has 144 valence electrons. The molecule has 2 unspecified atom stereocenters. The first-order valence-electron chi connectivity index (χ1n) is 8.96. The van der Waals surface area contributed by atoms with Gasteiger partial charge in [0, 0.05) is 26.1 Å². The lowest BCUT2D eigenvalue weighted by atomic mass is 10.2. The summed E-state index contributed by atoms with van der Waals surface area (Å²) in [5, 5.41) is 5.51. The van der Waals surface area contributed by atoms with Crippen molar-refractivity contribution >= 4 is 23.5 Å². The number of unbranched alkanes of at least 4 members (excludes halogenated alkanes) is 1. The normalized spacial score (nSPS) is 19.7. The van der Waals surface area contributed by atoms with E-state index in [1.54, 1.807) is 6.20 Å². The summed E-state index contributed by atoms with van der Waals surface area (Å²) in [5.41, 5.74) is 0.634. The van der Waals surface area contributed by atoms with Gasteiger partial charge in [0.1, 0.15) is 5.82 Å². The minimum Gasteiger partial charge on any atom is -0.469 e. The number of nitrogens with one attached hydrogen (secondary N) is 2. The van der Waals surface area contributed by atoms with Crippen molar-refractivity contribution in [1.82, 2.24) is 10.3 Å². The molecule has 1 aromatic heterocycles. The highest BCUT2D eigenvalue weighted by molar-refractivity contribution is 5.89. The molecule has 1 aliphatic rings. The smallest absolute Gasteiger partial charge is 0.319 e. The van der Waals surface area contributed by atoms with Gasteiger partial charge in [-0.05, 0) is 38.8 Å². The SMILES string of the molecule is COC(=O)CCCCNC(=O)Nc1ccc(N2CC(C)OC(C)C2)nc1. The summed E-state index contributed by atoms with van der Waals surface area (Å²) in [4.78, 5) is 29.5. The van der Waals surface area contributed by atoms with Crippen molar-refractivity contribution in [2.45, 2.75) is 45.3 Å². The number of esters is 1. The molecular weight excluding hydrogens is 336 g/mol. The topological polar surface area (TPSA) is 92.8 Å². The van der Waals surface area contributed by atoms with E-state index in [4.69, 9.17) is 4.74 Å². The molecule has 26 heavy (non-hydrogen) atoms. The van der Waals surface area contributed by atoms with E-state index in [0.717, 1.165) is 18.9 Å². The minimum atomic E-state index is -0.286. The molecule has 1 saturated heterocycles. The van der Waals surface area contributed by atoms with Gasteiger partial charge in [-0.3, -0.25) is 4.79 Å². The summed E-state index contributed by atoms with van der Waals surface area (Å²) >= 11 is 0. The Hall–Kier alpha value is -2.35. The third-order valence-corrected chi connectivity index (χ3v) is 4.07. The molecule has 0 spiro atoms. The number of carbonyl (C=O) groups excluding carboxylic acids is 2. The number of hydrogen-bond acceptors (Lipinski definition) is 6. The summed E-state index contributed by atoms with van der Waals surface area (Å²) in [6, 6.07) is 3.45. The Morgan fingerprint density at radius 1 is 1.27 bits per heavy atom. The number of aromatic nitrogens is 1. The van der Waals surface area contributed by atoms with Gasteiger partial charge >= 0.3 is 12.0 Å². The fraction of sp³-hybridized carbons (Fsp3) is 0.611. The van der Waals surface area contributed by atoms with Crippen LogP contribution >= 0.6 is 0 Å². The van der Waals surface area contributed by atoms with E-state index in [1.807, 2.05) is 26.0 Å². The number of methoxy groups -OCH3 is 1. The van der Waals surface area contributed by atoms with E-state index in [2.05, 4.69) is 25.3 Å². The van der Waals surface area contributed by atoms with Gasteiger partial charge in [-0.1, -0.05) is 0 Å².